The molecule has 0 aliphatic heterocycles. The van der Waals surface area contributed by atoms with E-state index in [1.807, 2.05) is 32.0 Å². The number of esters is 1. The minimum atomic E-state index is -0.426. The van der Waals surface area contributed by atoms with Crippen molar-refractivity contribution in [2.45, 2.75) is 13.8 Å². The molecule has 3 aromatic rings. The molecule has 7 heteroatoms. The fourth-order valence-electron chi connectivity index (χ4n) is 2.80. The molecule has 0 radical (unpaired) electrons. The van der Waals surface area contributed by atoms with E-state index in [9.17, 15) is 9.59 Å². The van der Waals surface area contributed by atoms with Gasteiger partial charge in [-0.3, -0.25) is 4.79 Å². The smallest absolute Gasteiger partial charge is 0.343 e. The molecule has 0 atom stereocenters. The van der Waals surface area contributed by atoms with Crippen molar-refractivity contribution in [2.24, 2.45) is 5.10 Å². The molecular formula is C24H21BrN2O4. The van der Waals surface area contributed by atoms with Crippen LogP contribution in [0.5, 0.6) is 11.5 Å². The van der Waals surface area contributed by atoms with Crippen LogP contribution in [-0.4, -0.2) is 24.7 Å². The highest BCUT2D eigenvalue weighted by Gasteiger charge is 2.09. The van der Waals surface area contributed by atoms with Crippen LogP contribution in [0.1, 0.15) is 27.0 Å². The zero-order chi connectivity index (χ0) is 22.2. The summed E-state index contributed by atoms with van der Waals surface area (Å²) in [6.07, 6.45) is 1.49. The van der Waals surface area contributed by atoms with E-state index in [0.29, 0.717) is 17.1 Å². The van der Waals surface area contributed by atoms with Crippen molar-refractivity contribution in [1.82, 2.24) is 5.43 Å². The van der Waals surface area contributed by atoms with E-state index in [1.165, 1.54) is 6.21 Å². The summed E-state index contributed by atoms with van der Waals surface area (Å²) in [5.41, 5.74) is 5.68. The van der Waals surface area contributed by atoms with Gasteiger partial charge in [0.25, 0.3) is 5.91 Å². The van der Waals surface area contributed by atoms with Crippen molar-refractivity contribution in [2.75, 3.05) is 6.61 Å². The van der Waals surface area contributed by atoms with Gasteiger partial charge in [-0.25, -0.2) is 10.2 Å². The molecule has 0 fully saturated rings. The molecule has 6 nitrogen and oxygen atoms in total. The highest BCUT2D eigenvalue weighted by molar-refractivity contribution is 9.10. The van der Waals surface area contributed by atoms with Crippen LogP contribution in [-0.2, 0) is 4.79 Å². The number of halogens is 1. The number of hydrogen-bond acceptors (Lipinski definition) is 5. The van der Waals surface area contributed by atoms with E-state index in [0.717, 1.165) is 21.2 Å². The Kier molecular flexibility index (Phi) is 7.56. The second-order valence-corrected chi connectivity index (χ2v) is 7.65. The lowest BCUT2D eigenvalue weighted by Gasteiger charge is -2.11. The second kappa shape index (κ2) is 10.5. The molecule has 1 amide bonds. The van der Waals surface area contributed by atoms with Gasteiger partial charge in [0.1, 0.15) is 11.5 Å². The maximum atomic E-state index is 12.1. The summed E-state index contributed by atoms with van der Waals surface area (Å²) < 4.78 is 11.7. The molecule has 3 aromatic carbocycles. The minimum absolute atomic E-state index is 0.159. The largest absolute Gasteiger partial charge is 0.482 e. The maximum absolute atomic E-state index is 12.1. The summed E-state index contributed by atoms with van der Waals surface area (Å²) >= 11 is 3.45. The van der Waals surface area contributed by atoms with Gasteiger partial charge in [-0.05, 0) is 88.9 Å². The Morgan fingerprint density at radius 2 is 1.74 bits per heavy atom. The normalized spacial score (nSPS) is 10.7. The first-order valence-electron chi connectivity index (χ1n) is 9.51. The number of aryl methyl sites for hydroxylation is 2. The molecule has 1 N–H and O–H groups in total. The number of ether oxygens (including phenoxy) is 2. The Labute approximate surface area is 189 Å². The first kappa shape index (κ1) is 22.2. The summed E-state index contributed by atoms with van der Waals surface area (Å²) in [7, 11) is 0. The molecule has 0 saturated heterocycles. The SMILES string of the molecule is Cc1cc(C)c(OCC(=O)N/N=C/c2ccc(OC(=O)c3ccccc3)cc2)c(Br)c1. The van der Waals surface area contributed by atoms with Gasteiger partial charge in [0.15, 0.2) is 6.61 Å². The van der Waals surface area contributed by atoms with Crippen LogP contribution in [0.2, 0.25) is 0 Å². The van der Waals surface area contributed by atoms with E-state index < -0.39 is 5.97 Å². The lowest BCUT2D eigenvalue weighted by atomic mass is 10.1. The van der Waals surface area contributed by atoms with Crippen molar-refractivity contribution >= 4 is 34.0 Å². The Balaban J connectivity index is 1.48. The van der Waals surface area contributed by atoms with E-state index in [4.69, 9.17) is 9.47 Å². The van der Waals surface area contributed by atoms with Gasteiger partial charge in [-0.1, -0.05) is 24.3 Å². The fraction of sp³-hybridized carbons (Fsp3) is 0.125. The third-order valence-electron chi connectivity index (χ3n) is 4.22. The van der Waals surface area contributed by atoms with Crippen molar-refractivity contribution in [3.63, 3.8) is 0 Å². The maximum Gasteiger partial charge on any atom is 0.343 e. The molecule has 31 heavy (non-hydrogen) atoms. The number of benzene rings is 3. The molecular weight excluding hydrogens is 460 g/mol. The molecule has 0 saturated carbocycles. The molecule has 0 aromatic heterocycles. The molecule has 0 aliphatic carbocycles. The summed E-state index contributed by atoms with van der Waals surface area (Å²) in [4.78, 5) is 24.0. The first-order chi connectivity index (χ1) is 14.9. The zero-order valence-electron chi connectivity index (χ0n) is 17.1. The molecule has 0 unspecified atom stereocenters. The highest BCUT2D eigenvalue weighted by Crippen LogP contribution is 2.30. The molecule has 0 bridgehead atoms. The van der Waals surface area contributed by atoms with Crippen LogP contribution in [0.15, 0.2) is 76.3 Å². The van der Waals surface area contributed by atoms with Crippen LogP contribution < -0.4 is 14.9 Å². The fourth-order valence-corrected chi connectivity index (χ4v) is 3.58. The van der Waals surface area contributed by atoms with Crippen LogP contribution >= 0.6 is 15.9 Å². The molecule has 0 heterocycles. The Morgan fingerprint density at radius 3 is 2.42 bits per heavy atom. The van der Waals surface area contributed by atoms with Gasteiger partial charge < -0.3 is 9.47 Å². The predicted octanol–water partition coefficient (Wildman–Crippen LogP) is 4.81. The number of nitrogens with zero attached hydrogens (tertiary/aromatic N) is 1. The Morgan fingerprint density at radius 1 is 1.03 bits per heavy atom. The van der Waals surface area contributed by atoms with Gasteiger partial charge >= 0.3 is 5.97 Å². The van der Waals surface area contributed by atoms with Gasteiger partial charge in [0.2, 0.25) is 0 Å². The first-order valence-corrected chi connectivity index (χ1v) is 10.3. The number of rotatable bonds is 7. The Hall–Kier alpha value is -3.45. The lowest BCUT2D eigenvalue weighted by Crippen LogP contribution is -2.24. The van der Waals surface area contributed by atoms with E-state index in [1.54, 1.807) is 48.5 Å². The van der Waals surface area contributed by atoms with Gasteiger partial charge in [0, 0.05) is 0 Å². The quantitative estimate of drug-likeness (QED) is 0.227. The van der Waals surface area contributed by atoms with E-state index in [2.05, 4.69) is 26.5 Å². The van der Waals surface area contributed by atoms with Crippen LogP contribution in [0.3, 0.4) is 0 Å². The predicted molar refractivity (Wildman–Crippen MR) is 123 cm³/mol. The van der Waals surface area contributed by atoms with Crippen LogP contribution in [0, 0.1) is 13.8 Å². The third-order valence-corrected chi connectivity index (χ3v) is 4.81. The second-order valence-electron chi connectivity index (χ2n) is 6.80. The van der Waals surface area contributed by atoms with Gasteiger partial charge in [0.05, 0.1) is 16.3 Å². The number of hydrogen-bond donors (Lipinski definition) is 1. The van der Waals surface area contributed by atoms with Crippen molar-refractivity contribution in [3.8, 4) is 11.5 Å². The summed E-state index contributed by atoms with van der Waals surface area (Å²) in [5.74, 6) is 0.245. The molecule has 0 aliphatic rings. The van der Waals surface area contributed by atoms with Crippen molar-refractivity contribution < 1.29 is 19.1 Å². The summed E-state index contributed by atoms with van der Waals surface area (Å²) in [6.45, 7) is 3.75. The zero-order valence-corrected chi connectivity index (χ0v) is 18.7. The molecule has 0 spiro atoms. The standard InChI is InChI=1S/C24H21BrN2O4/c1-16-12-17(2)23(21(25)13-16)30-15-22(28)27-26-14-18-8-10-20(11-9-18)31-24(29)19-6-4-3-5-7-19/h3-14H,15H2,1-2H3,(H,27,28)/b26-14+. The van der Waals surface area contributed by atoms with Gasteiger partial charge in [-0.15, -0.1) is 0 Å². The number of nitrogens with one attached hydrogen (secondary N) is 1. The molecule has 3 rings (SSSR count). The number of hydrazone groups is 1. The molecule has 158 valence electrons. The third kappa shape index (κ3) is 6.52. The van der Waals surface area contributed by atoms with Crippen molar-refractivity contribution in [1.29, 1.82) is 0 Å². The van der Waals surface area contributed by atoms with E-state index in [-0.39, 0.29) is 12.5 Å². The number of carbonyl (C=O) groups is 2. The van der Waals surface area contributed by atoms with E-state index >= 15 is 0 Å². The number of amides is 1. The van der Waals surface area contributed by atoms with Crippen molar-refractivity contribution in [3.05, 3.63) is 93.5 Å². The monoisotopic (exact) mass is 480 g/mol. The summed E-state index contributed by atoms with van der Waals surface area (Å²) in [6, 6.07) is 19.4. The minimum Gasteiger partial charge on any atom is -0.482 e. The number of carbonyl (C=O) groups excluding carboxylic acids is 2. The average molecular weight is 481 g/mol. The topological polar surface area (TPSA) is 77.0 Å². The lowest BCUT2D eigenvalue weighted by molar-refractivity contribution is -0.123. The Bertz CT molecular complexity index is 1070. The average Bonchev–Trinajstić information content (AvgIpc) is 2.75. The van der Waals surface area contributed by atoms with Crippen LogP contribution in [0.4, 0.5) is 0 Å². The van der Waals surface area contributed by atoms with Crippen LogP contribution in [0.25, 0.3) is 0 Å². The van der Waals surface area contributed by atoms with Gasteiger partial charge in [-0.2, -0.15) is 5.10 Å². The summed E-state index contributed by atoms with van der Waals surface area (Å²) in [5, 5.41) is 3.93. The highest BCUT2D eigenvalue weighted by atomic mass is 79.9.